The maximum atomic E-state index is 6.89. The van der Waals surface area contributed by atoms with Gasteiger partial charge in [-0.1, -0.05) is 181 Å². The Morgan fingerprint density at radius 1 is 0.430 bits per heavy atom. The molecule has 10 aromatic heterocycles. The van der Waals surface area contributed by atoms with Crippen molar-refractivity contribution in [2.75, 3.05) is 37.6 Å². The zero-order valence-electron chi connectivity index (χ0n) is 56.4. The van der Waals surface area contributed by atoms with Crippen LogP contribution in [0.25, 0.3) is 101 Å². The van der Waals surface area contributed by atoms with Crippen molar-refractivity contribution in [3.05, 3.63) is 189 Å². The summed E-state index contributed by atoms with van der Waals surface area (Å²) in [5, 5.41) is 60.4. The number of halogens is 4. The molecule has 4 aliphatic rings. The van der Waals surface area contributed by atoms with Gasteiger partial charge in [-0.25, -0.2) is 23.7 Å². The number of hydrogen-bond acceptors (Lipinski definition) is 15. The van der Waals surface area contributed by atoms with Crippen molar-refractivity contribution in [2.24, 2.45) is 33.0 Å². The number of fused-ring (bicyclic) bond motifs is 6. The van der Waals surface area contributed by atoms with Gasteiger partial charge >= 0.3 is 0 Å². The second-order valence-corrected chi connectivity index (χ2v) is 27.9. The fourth-order valence-corrected chi connectivity index (χ4v) is 16.1. The summed E-state index contributed by atoms with van der Waals surface area (Å²) in [5.74, 6) is 2.64. The summed E-state index contributed by atoms with van der Waals surface area (Å²) in [5.41, 5.74) is 14.3. The van der Waals surface area contributed by atoms with Gasteiger partial charge in [0.1, 0.15) is 28.5 Å². The zero-order chi connectivity index (χ0) is 68.5. The molecule has 2 bridgehead atoms. The molecule has 2 aliphatic carbocycles. The van der Waals surface area contributed by atoms with Gasteiger partial charge in [0.05, 0.1) is 96.1 Å². The van der Waals surface area contributed by atoms with E-state index in [4.69, 9.17) is 56.6 Å². The highest BCUT2D eigenvalue weighted by Crippen LogP contribution is 2.48. The Morgan fingerprint density at radius 2 is 0.910 bits per heavy atom. The molecule has 14 aromatic rings. The highest BCUT2D eigenvalue weighted by atomic mass is 35.5. The van der Waals surface area contributed by atoms with Crippen LogP contribution < -0.4 is 4.90 Å². The molecular weight excluding hydrogens is 1340 g/mol. The maximum Gasteiger partial charge on any atom is 0.183 e. The van der Waals surface area contributed by atoms with Gasteiger partial charge in [-0.05, 0) is 95.9 Å². The Morgan fingerprint density at radius 3 is 1.43 bits per heavy atom. The van der Waals surface area contributed by atoms with Crippen LogP contribution in [0, 0.1) is 25.7 Å². The van der Waals surface area contributed by atoms with Crippen LogP contribution in [0.4, 0.5) is 5.82 Å². The van der Waals surface area contributed by atoms with Crippen molar-refractivity contribution in [3.63, 3.8) is 0 Å². The first-order valence-corrected chi connectivity index (χ1v) is 35.7. The highest BCUT2D eigenvalue weighted by molar-refractivity contribution is 6.40. The normalized spacial score (nSPS) is 16.7. The van der Waals surface area contributed by atoms with E-state index in [1.807, 2.05) is 199 Å². The second-order valence-electron chi connectivity index (χ2n) is 26.4. The van der Waals surface area contributed by atoms with Crippen LogP contribution in [0.2, 0.25) is 20.1 Å². The topological polar surface area (TPSA) is 204 Å². The summed E-state index contributed by atoms with van der Waals surface area (Å²) in [4.78, 5) is 8.95. The molecule has 2 aliphatic heterocycles. The number of benzene rings is 4. The molecule has 1 unspecified atom stereocenters. The molecule has 0 spiro atoms. The van der Waals surface area contributed by atoms with Crippen molar-refractivity contribution < 1.29 is 0 Å². The predicted octanol–water partition coefficient (Wildman–Crippen LogP) is 16.0. The van der Waals surface area contributed by atoms with Gasteiger partial charge in [0.2, 0.25) is 0 Å². The van der Waals surface area contributed by atoms with E-state index in [0.29, 0.717) is 55.4 Å². The Labute approximate surface area is 598 Å². The van der Waals surface area contributed by atoms with E-state index in [-0.39, 0.29) is 0 Å². The minimum Gasteiger partial charge on any atom is -0.355 e. The fourth-order valence-electron chi connectivity index (χ4n) is 14.7. The van der Waals surface area contributed by atoms with Crippen molar-refractivity contribution in [1.29, 1.82) is 0 Å². The van der Waals surface area contributed by atoms with Gasteiger partial charge in [-0.3, -0.25) is 0 Å². The molecule has 2 saturated carbocycles. The first-order chi connectivity index (χ1) is 48.8. The van der Waals surface area contributed by atoms with Crippen molar-refractivity contribution in [1.82, 2.24) is 98.9 Å². The molecule has 4 aromatic carbocycles. The van der Waals surface area contributed by atoms with Crippen LogP contribution in [-0.4, -0.2) is 132 Å². The Kier molecular flexibility index (Phi) is 19.2. The first kappa shape index (κ1) is 66.4. The van der Waals surface area contributed by atoms with Crippen LogP contribution in [0.1, 0.15) is 80.9 Å². The Bertz CT molecular complexity index is 5200. The second kappa shape index (κ2) is 29.0. The molecule has 0 amide bonds. The van der Waals surface area contributed by atoms with Crippen molar-refractivity contribution in [2.45, 2.75) is 90.8 Å². The number of imidazole rings is 1. The maximum absolute atomic E-state index is 6.89. The lowest BCUT2D eigenvalue weighted by Crippen LogP contribution is -2.24. The molecule has 18 rings (SSSR count). The fraction of sp³-hybridized carbons (Fsp3) is 0.320. The average Bonchev–Trinajstić information content (AvgIpc) is 1.54. The van der Waals surface area contributed by atoms with Gasteiger partial charge in [0, 0.05) is 69.2 Å². The standard InChI is InChI=1S/C21H18ClN7.C20H21ClN4.C18H20ClN5.C16H16ClN5/c1-27-10-6-9-16(27)20-17-18(22)19(14-7-4-3-5-8-14)24-25-21(17)29(26-20)12-15-11-23-13-28(15)2;1-12-17-18(21)19(15-5-3-2-4-6-15)22-23-20(17)25(24-12)16-10-13-7-8-14(9-13)11-16;1-13-15-16(19)17(14-7-3-2-4-8-14)20-21-18(15)24(22-13)12-11-23-9-5-6-10-23;1-21-15-12(16(20-21)22-9-5-6-10-22)13(17)14(18-19-15)11-7-3-2-4-8-11/h3-11,13H,12H2,1-2H3;2-6,13-14,16H,7-11H2,1H3;2-4,7-8H,5-6,9-12H2,1H3;2-4,7-8H,5-6,9-10H2,1H3/t;13-,14+,16?;;. The summed E-state index contributed by atoms with van der Waals surface area (Å²) in [7, 11) is 5.83. The summed E-state index contributed by atoms with van der Waals surface area (Å²) < 4.78 is 11.6. The molecule has 100 heavy (non-hydrogen) atoms. The Hall–Kier alpha value is -9.51. The van der Waals surface area contributed by atoms with Crippen LogP contribution in [0.3, 0.4) is 0 Å². The van der Waals surface area contributed by atoms with Gasteiger partial charge in [0.15, 0.2) is 28.4 Å². The number of rotatable bonds is 12. The molecule has 4 fully saturated rings. The third-order valence-corrected chi connectivity index (χ3v) is 21.3. The van der Waals surface area contributed by atoms with Crippen LogP contribution in [0.15, 0.2) is 152 Å². The third kappa shape index (κ3) is 13.2. The summed E-state index contributed by atoms with van der Waals surface area (Å²) in [6, 6.07) is 44.1. The van der Waals surface area contributed by atoms with Crippen LogP contribution >= 0.6 is 46.4 Å². The van der Waals surface area contributed by atoms with Gasteiger partial charge < -0.3 is 18.9 Å². The van der Waals surface area contributed by atoms with Crippen LogP contribution in [0.5, 0.6) is 0 Å². The molecule has 2 saturated heterocycles. The average molecular weight is 1410 g/mol. The smallest absolute Gasteiger partial charge is 0.183 e. The number of likely N-dealkylation sites (tertiary alicyclic amines) is 1. The molecule has 0 radical (unpaired) electrons. The zero-order valence-corrected chi connectivity index (χ0v) is 59.4. The lowest BCUT2D eigenvalue weighted by Gasteiger charge is -2.28. The van der Waals surface area contributed by atoms with Crippen molar-refractivity contribution in [3.8, 4) is 56.4 Å². The van der Waals surface area contributed by atoms with E-state index < -0.39 is 0 Å². The van der Waals surface area contributed by atoms with Crippen LogP contribution in [-0.2, 0) is 34.2 Å². The summed E-state index contributed by atoms with van der Waals surface area (Å²) >= 11 is 27.0. The third-order valence-electron chi connectivity index (χ3n) is 19.8. The lowest BCUT2D eigenvalue weighted by atomic mass is 9.85. The minimum absolute atomic E-state index is 0.440. The van der Waals surface area contributed by atoms with E-state index in [9.17, 15) is 0 Å². The number of aryl methyl sites for hydroxylation is 5. The first-order valence-electron chi connectivity index (χ1n) is 34.2. The molecular formula is C75H75Cl4N21. The van der Waals surface area contributed by atoms with E-state index in [1.165, 1.54) is 70.9 Å². The van der Waals surface area contributed by atoms with E-state index in [2.05, 4.69) is 70.5 Å². The van der Waals surface area contributed by atoms with Gasteiger partial charge in [-0.15, -0.1) is 40.8 Å². The van der Waals surface area contributed by atoms with Crippen molar-refractivity contribution >= 4 is 96.4 Å². The lowest BCUT2D eigenvalue weighted by molar-refractivity contribution is 0.250. The molecule has 25 heteroatoms. The summed E-state index contributed by atoms with van der Waals surface area (Å²) in [6.07, 6.45) is 17.2. The summed E-state index contributed by atoms with van der Waals surface area (Å²) in [6.45, 7) is 10.8. The number of hydrogen-bond donors (Lipinski definition) is 0. The monoisotopic (exact) mass is 1410 g/mol. The number of aromatic nitrogens is 19. The highest BCUT2D eigenvalue weighted by Gasteiger charge is 2.37. The molecule has 508 valence electrons. The van der Waals surface area contributed by atoms with Gasteiger partial charge in [-0.2, -0.15) is 20.4 Å². The van der Waals surface area contributed by atoms with E-state index in [1.54, 1.807) is 11.0 Å². The quantitative estimate of drug-likeness (QED) is 0.112. The van der Waals surface area contributed by atoms with Gasteiger partial charge in [0.25, 0.3) is 0 Å². The predicted molar refractivity (Wildman–Crippen MR) is 396 cm³/mol. The number of anilines is 1. The molecule has 0 N–H and O–H groups in total. The molecule has 3 atom stereocenters. The number of nitrogens with zero attached hydrogens (tertiary/aromatic N) is 21. The largest absolute Gasteiger partial charge is 0.355 e. The Balaban J connectivity index is 0.000000109. The molecule has 12 heterocycles. The SMILES string of the molecule is Cc1nn(C2C[C@H]3CC[C@@H](C2)C3)c2nnc(-c3ccccc3)c(Cl)c12.Cc1nn(CCN2CCCC2)c2nnc(-c3ccccc3)c(Cl)c12.Cn1cncc1Cn1nc(-c2cccn2C)c2c(Cl)c(-c3ccccc3)nnc21.Cn1nc(N2CCCC2)c2c(Cl)c(-c3ccccc3)nnc21. The molecule has 21 nitrogen and oxygen atoms in total. The van der Waals surface area contributed by atoms with E-state index >= 15 is 0 Å². The van der Waals surface area contributed by atoms with E-state index in [0.717, 1.165) is 139 Å². The minimum atomic E-state index is 0.440.